The van der Waals surface area contributed by atoms with Crippen molar-refractivity contribution in [2.75, 3.05) is 0 Å². The lowest BCUT2D eigenvalue weighted by Gasteiger charge is -2.44. The number of aromatic nitrogens is 2. The fraction of sp³-hybridized carbons (Fsp3) is 0.0541. The number of carbonyl (C=O) groups is 1. The topological polar surface area (TPSA) is 54.1 Å². The minimum atomic E-state index is -7.22. The minimum absolute atomic E-state index is 0.0460. The molecule has 0 saturated heterocycles. The van der Waals surface area contributed by atoms with Crippen LogP contribution in [0.4, 0.5) is 87.8 Å². The third-order valence-electron chi connectivity index (χ3n) is 9.06. The molecule has 62 heavy (non-hydrogen) atoms. The number of nitrogens with zero attached hydrogens (tertiary/aromatic N) is 2. The smallest absolute Gasteiger partial charge is 0.309 e. The van der Waals surface area contributed by atoms with Crippen LogP contribution in [0.1, 0.15) is 11.3 Å². The zero-order valence-electron chi connectivity index (χ0n) is 29.4. The summed E-state index contributed by atoms with van der Waals surface area (Å²) in [4.78, 5) is 14.6. The van der Waals surface area contributed by atoms with Crippen LogP contribution in [0.5, 0.6) is 0 Å². The second kappa shape index (κ2) is 17.4. The lowest BCUT2D eigenvalue weighted by molar-refractivity contribution is -0.689. The Bertz CT molecular complexity index is 2410. The van der Waals surface area contributed by atoms with Crippen molar-refractivity contribution in [2.24, 2.45) is 0 Å². The Balaban J connectivity index is 0.000000355. The van der Waals surface area contributed by atoms with E-state index in [-0.39, 0.29) is 6.42 Å². The summed E-state index contributed by atoms with van der Waals surface area (Å²) in [5, 5.41) is 8.70. The first-order valence-corrected chi connectivity index (χ1v) is 16.3. The van der Waals surface area contributed by atoms with Gasteiger partial charge in [0.2, 0.25) is 0 Å². The zero-order valence-corrected chi connectivity index (χ0v) is 29.4. The third kappa shape index (κ3) is 7.52. The lowest BCUT2D eigenvalue weighted by atomic mass is 9.12. The Morgan fingerprint density at radius 1 is 0.452 bits per heavy atom. The summed E-state index contributed by atoms with van der Waals surface area (Å²) < 4.78 is 296. The first-order valence-electron chi connectivity index (χ1n) is 16.3. The van der Waals surface area contributed by atoms with Gasteiger partial charge in [0.25, 0.3) is 0 Å². The number of benzene rings is 5. The van der Waals surface area contributed by atoms with Gasteiger partial charge in [-0.25, -0.2) is 92.8 Å². The molecule has 0 fully saturated rings. The summed E-state index contributed by atoms with van der Waals surface area (Å²) >= 11 is 0. The number of rotatable bonds is 8. The maximum atomic E-state index is 15.4. The zero-order chi connectivity index (χ0) is 46.4. The number of carboxylic acid groups (broad SMARTS) is 1. The quantitative estimate of drug-likeness (QED) is 0.0596. The Labute approximate surface area is 330 Å². The Hall–Kier alpha value is -6.69. The Morgan fingerprint density at radius 2 is 0.726 bits per heavy atom. The van der Waals surface area contributed by atoms with Crippen molar-refractivity contribution in [3.8, 4) is 0 Å². The first kappa shape index (κ1) is 46.4. The fourth-order valence-electron chi connectivity index (χ4n) is 6.50. The summed E-state index contributed by atoms with van der Waals surface area (Å²) in [6, 6.07) is 10.00. The van der Waals surface area contributed by atoms with Crippen molar-refractivity contribution in [3.05, 3.63) is 177 Å². The Morgan fingerprint density at radius 3 is 1.00 bits per heavy atom. The van der Waals surface area contributed by atoms with Crippen LogP contribution < -0.4 is 26.4 Å². The van der Waals surface area contributed by atoms with Gasteiger partial charge < -0.3 is 5.11 Å². The van der Waals surface area contributed by atoms with Crippen LogP contribution in [0.3, 0.4) is 0 Å². The number of hydrogen-bond donors (Lipinski definition) is 1. The van der Waals surface area contributed by atoms with Crippen molar-refractivity contribution in [1.29, 1.82) is 0 Å². The summed E-state index contributed by atoms with van der Waals surface area (Å²) in [5.74, 6) is -72.3. The van der Waals surface area contributed by atoms with Gasteiger partial charge in [-0.15, -0.1) is 21.9 Å². The predicted octanol–water partition coefficient (Wildman–Crippen LogP) is 6.89. The van der Waals surface area contributed by atoms with Crippen LogP contribution in [-0.2, 0) is 17.8 Å². The lowest BCUT2D eigenvalue weighted by Crippen LogP contribution is -2.81. The largest absolute Gasteiger partial charge is 0.481 e. The second-order valence-corrected chi connectivity index (χ2v) is 12.6. The summed E-state index contributed by atoms with van der Waals surface area (Å²) in [7, 11) is 0. The van der Waals surface area contributed by atoms with E-state index in [2.05, 4.69) is 4.98 Å². The molecule has 0 aliphatic carbocycles. The van der Waals surface area contributed by atoms with E-state index < -0.39 is 150 Å². The predicted molar refractivity (Wildman–Crippen MR) is 171 cm³/mol. The molecular formula is C37H13BF20N2O2. The molecule has 0 spiro atoms. The molecule has 0 saturated carbocycles. The molecule has 4 nitrogen and oxygen atoms in total. The van der Waals surface area contributed by atoms with E-state index in [9.17, 15) is 57.5 Å². The van der Waals surface area contributed by atoms with Crippen LogP contribution in [-0.4, -0.2) is 22.2 Å². The van der Waals surface area contributed by atoms with E-state index >= 15 is 35.1 Å². The van der Waals surface area contributed by atoms with E-state index in [1.54, 1.807) is 12.4 Å². The van der Waals surface area contributed by atoms with Gasteiger partial charge in [0, 0.05) is 5.56 Å². The minimum Gasteiger partial charge on any atom is -0.481 e. The summed E-state index contributed by atoms with van der Waals surface area (Å²) in [6.45, 7) is 0.718. The average Bonchev–Trinajstić information content (AvgIpc) is 3.24. The Kier molecular flexibility index (Phi) is 13.0. The van der Waals surface area contributed by atoms with Gasteiger partial charge in [-0.3, -0.25) is 4.79 Å². The van der Waals surface area contributed by atoms with Crippen molar-refractivity contribution < 1.29 is 102 Å². The van der Waals surface area contributed by atoms with Gasteiger partial charge in [-0.05, 0) is 0 Å². The SMILES string of the molecule is Fc1c(F)c(F)c([B-](c2c(F)c(F)c(F)c(F)c2F)(c2c(F)c(F)c(F)c(F)c2F)c2c(F)c(F)c(F)c(F)c2F)c(F)c1F.O=C(O)Cc1c[n+](Cc2ccccc2)ccn1. The molecule has 25 heteroatoms. The maximum absolute atomic E-state index is 15.4. The third-order valence-corrected chi connectivity index (χ3v) is 9.06. The van der Waals surface area contributed by atoms with Gasteiger partial charge in [0.05, 0.1) is 12.6 Å². The van der Waals surface area contributed by atoms with E-state index in [1.807, 2.05) is 41.1 Å². The van der Waals surface area contributed by atoms with Crippen LogP contribution in [0.25, 0.3) is 0 Å². The number of aliphatic carboxylic acids is 1. The molecular weight excluding hydrogens is 895 g/mol. The van der Waals surface area contributed by atoms with E-state index in [1.165, 1.54) is 5.56 Å². The highest BCUT2D eigenvalue weighted by molar-refractivity contribution is 7.20. The highest BCUT2D eigenvalue weighted by Crippen LogP contribution is 2.30. The molecule has 326 valence electrons. The molecule has 5 aromatic carbocycles. The van der Waals surface area contributed by atoms with Crippen LogP contribution in [0.15, 0.2) is 48.9 Å². The molecule has 0 amide bonds. The summed E-state index contributed by atoms with van der Waals surface area (Å²) in [5.41, 5.74) is -12.6. The average molecular weight is 908 g/mol. The van der Waals surface area contributed by atoms with Crippen molar-refractivity contribution >= 4 is 34.0 Å². The van der Waals surface area contributed by atoms with E-state index in [0.29, 0.717) is 5.69 Å². The van der Waals surface area contributed by atoms with E-state index in [4.69, 9.17) is 5.11 Å². The van der Waals surface area contributed by atoms with Crippen molar-refractivity contribution in [2.45, 2.75) is 13.0 Å². The molecule has 6 aromatic rings. The molecule has 0 unspecified atom stereocenters. The van der Waals surface area contributed by atoms with Crippen LogP contribution in [0.2, 0.25) is 0 Å². The van der Waals surface area contributed by atoms with Crippen LogP contribution >= 0.6 is 0 Å². The highest BCUT2D eigenvalue weighted by Gasteiger charge is 2.52. The molecule has 0 bridgehead atoms. The highest BCUT2D eigenvalue weighted by atomic mass is 19.2. The van der Waals surface area contributed by atoms with Crippen molar-refractivity contribution in [3.63, 3.8) is 0 Å². The standard InChI is InChI=1S/C24BF20.C13H12N2O2/c26-5-1(6(27)14(35)21(42)13(5)34)25(2-7(28)15(36)22(43)16(37)8(2)29,3-9(30)17(38)23(44)18(39)10(3)31)4-11(32)19(40)24(45)20(41)12(4)33;16-13(17)8-12-10-15(7-6-14-12)9-11-4-2-1-3-5-11/h;1-7,10H,8-9H2/q-1;/p+1. The molecule has 0 aliphatic heterocycles. The van der Waals surface area contributed by atoms with Gasteiger partial charge in [-0.2, -0.15) is 4.57 Å². The maximum Gasteiger partial charge on any atom is 0.309 e. The second-order valence-electron chi connectivity index (χ2n) is 12.6. The molecule has 0 radical (unpaired) electrons. The van der Waals surface area contributed by atoms with Crippen molar-refractivity contribution in [1.82, 2.24) is 4.98 Å². The van der Waals surface area contributed by atoms with Gasteiger partial charge in [-0.1, -0.05) is 30.3 Å². The molecule has 6 rings (SSSR count). The van der Waals surface area contributed by atoms with E-state index in [0.717, 1.165) is 6.54 Å². The fourth-order valence-corrected chi connectivity index (χ4v) is 6.50. The molecule has 1 N–H and O–H groups in total. The molecule has 0 atom stereocenters. The van der Waals surface area contributed by atoms with Gasteiger partial charge in [0.15, 0.2) is 88.7 Å². The summed E-state index contributed by atoms with van der Waals surface area (Å²) in [6.07, 6.45) is -2.04. The normalized spacial score (nSPS) is 11.5. The first-order chi connectivity index (χ1) is 28.9. The van der Waals surface area contributed by atoms with Crippen LogP contribution in [0, 0.1) is 116 Å². The monoisotopic (exact) mass is 908 g/mol. The van der Waals surface area contributed by atoms with Gasteiger partial charge in [0.1, 0.15) is 58.4 Å². The van der Waals surface area contributed by atoms with Gasteiger partial charge >= 0.3 is 5.97 Å². The molecule has 0 aliphatic rings. The molecule has 1 aromatic heterocycles. The number of halogens is 20. The number of hydrogen-bond acceptors (Lipinski definition) is 2. The number of carboxylic acids is 1. The molecule has 1 heterocycles.